The van der Waals surface area contributed by atoms with Gasteiger partial charge in [-0.25, -0.2) is 12.8 Å². The quantitative estimate of drug-likeness (QED) is 0.259. The van der Waals surface area contributed by atoms with Crippen LogP contribution in [0.1, 0.15) is 36.8 Å². The zero-order valence-electron chi connectivity index (χ0n) is 19.8. The van der Waals surface area contributed by atoms with Crippen molar-refractivity contribution in [1.29, 1.82) is 0 Å². The highest BCUT2D eigenvalue weighted by Gasteiger charge is 2.57. The minimum atomic E-state index is -5.09. The number of hydrogen-bond acceptors (Lipinski definition) is 5. The van der Waals surface area contributed by atoms with Crippen LogP contribution in [0, 0.1) is 23.6 Å². The molecular formula is C26H27F4N3O3S. The van der Waals surface area contributed by atoms with E-state index in [1.54, 1.807) is 30.3 Å². The number of rotatable bonds is 9. The summed E-state index contributed by atoms with van der Waals surface area (Å²) in [5, 5.41) is 4.72. The van der Waals surface area contributed by atoms with Gasteiger partial charge in [-0.2, -0.15) is 13.2 Å². The number of hydrogen-bond donors (Lipinski definition) is 3. The molecule has 2 aromatic carbocycles. The van der Waals surface area contributed by atoms with Crippen molar-refractivity contribution < 1.29 is 30.8 Å². The average molecular weight is 538 g/mol. The largest absolute Gasteiger partial charge is 0.422 e. The Morgan fingerprint density at radius 3 is 2.24 bits per heavy atom. The van der Waals surface area contributed by atoms with Gasteiger partial charge in [0.05, 0.1) is 17.2 Å². The Morgan fingerprint density at radius 1 is 1.08 bits per heavy atom. The van der Waals surface area contributed by atoms with Crippen molar-refractivity contribution in [2.75, 3.05) is 5.75 Å². The van der Waals surface area contributed by atoms with E-state index >= 15 is 0 Å². The summed E-state index contributed by atoms with van der Waals surface area (Å²) in [5.74, 6) is 1.46. The molecule has 6 nitrogen and oxygen atoms in total. The fraction of sp³-hybridized carbons (Fsp3) is 0.423. The second kappa shape index (κ2) is 10.1. The van der Waals surface area contributed by atoms with Gasteiger partial charge in [-0.15, -0.1) is 0 Å². The van der Waals surface area contributed by atoms with Crippen LogP contribution in [0.25, 0.3) is 0 Å². The van der Waals surface area contributed by atoms with Gasteiger partial charge in [-0.05, 0) is 48.9 Å². The van der Waals surface area contributed by atoms with Crippen LogP contribution in [0.2, 0.25) is 0 Å². The third-order valence-corrected chi connectivity index (χ3v) is 7.88. The number of carbonyl (C=O) groups is 1. The van der Waals surface area contributed by atoms with Crippen molar-refractivity contribution in [3.05, 3.63) is 71.5 Å². The number of amides is 1. The minimum absolute atomic E-state index is 0.239. The molecule has 4 rings (SSSR count). The summed E-state index contributed by atoms with van der Waals surface area (Å²) in [6, 6.07) is 9.82. The molecule has 0 unspecified atom stereocenters. The van der Waals surface area contributed by atoms with Gasteiger partial charge in [0.25, 0.3) is 0 Å². The molecule has 2 aliphatic carbocycles. The van der Waals surface area contributed by atoms with Gasteiger partial charge in [0.15, 0.2) is 9.84 Å². The van der Waals surface area contributed by atoms with Gasteiger partial charge < -0.3 is 11.1 Å². The molecule has 2 saturated carbocycles. The van der Waals surface area contributed by atoms with Crippen LogP contribution in [0.4, 0.5) is 17.6 Å². The van der Waals surface area contributed by atoms with E-state index in [0.717, 1.165) is 24.3 Å². The molecule has 2 aliphatic rings. The van der Waals surface area contributed by atoms with Crippen molar-refractivity contribution in [1.82, 2.24) is 10.6 Å². The molecule has 0 radical (unpaired) electrons. The molecule has 2 aromatic rings. The molecule has 198 valence electrons. The van der Waals surface area contributed by atoms with Gasteiger partial charge in [-0.3, -0.25) is 10.1 Å². The van der Waals surface area contributed by atoms with Gasteiger partial charge in [0.1, 0.15) is 11.9 Å². The summed E-state index contributed by atoms with van der Waals surface area (Å²) >= 11 is 0. The molecule has 1 amide bonds. The molecule has 2 atom stereocenters. The van der Waals surface area contributed by atoms with Crippen LogP contribution in [-0.4, -0.2) is 38.0 Å². The van der Waals surface area contributed by atoms with E-state index in [1.165, 1.54) is 0 Å². The SMILES string of the molecule is NC1(NC(=O)[C@H](CS(=O)(=O)Cc2ccccc2)N[C@@](C#CC2CC2)(c2ccc(F)cc2)C(F)(F)F)CC1. The fourth-order valence-electron chi connectivity index (χ4n) is 3.82. The standard InChI is InChI=1S/C26H27F4N3O3S/c27-21-10-8-20(9-11-21)25(26(28,29)30,13-12-18-6-7-18)32-22(23(34)33-24(31)14-15-24)17-37(35,36)16-19-4-2-1-3-5-19/h1-5,8-11,18,22,32H,6-7,14-17,31H2,(H,33,34)/t22-,25-/m0/s1. The van der Waals surface area contributed by atoms with Crippen LogP contribution >= 0.6 is 0 Å². The maximum atomic E-state index is 14.8. The maximum Gasteiger partial charge on any atom is 0.422 e. The third kappa shape index (κ3) is 6.89. The lowest BCUT2D eigenvalue weighted by Crippen LogP contribution is -2.63. The molecule has 2 fully saturated rings. The summed E-state index contributed by atoms with van der Waals surface area (Å²) in [5.41, 5.74) is 1.70. The predicted octanol–water partition coefficient (Wildman–Crippen LogP) is 3.13. The Morgan fingerprint density at radius 2 is 1.70 bits per heavy atom. The highest BCUT2D eigenvalue weighted by molar-refractivity contribution is 7.90. The van der Waals surface area contributed by atoms with Crippen molar-refractivity contribution in [2.45, 2.75) is 54.9 Å². The van der Waals surface area contributed by atoms with Gasteiger partial charge in [0.2, 0.25) is 11.4 Å². The van der Waals surface area contributed by atoms with E-state index in [2.05, 4.69) is 22.5 Å². The molecule has 0 saturated heterocycles. The van der Waals surface area contributed by atoms with Crippen molar-refractivity contribution in [3.63, 3.8) is 0 Å². The van der Waals surface area contributed by atoms with Crippen LogP contribution < -0.4 is 16.4 Å². The summed E-state index contributed by atoms with van der Waals surface area (Å²) in [6.45, 7) is 0. The Bertz CT molecular complexity index is 1300. The van der Waals surface area contributed by atoms with E-state index < -0.39 is 62.1 Å². The number of alkyl halides is 3. The minimum Gasteiger partial charge on any atom is -0.337 e. The maximum absolute atomic E-state index is 14.8. The van der Waals surface area contributed by atoms with Gasteiger partial charge in [-0.1, -0.05) is 54.3 Å². The Balaban J connectivity index is 1.74. The van der Waals surface area contributed by atoms with Gasteiger partial charge >= 0.3 is 6.18 Å². The smallest absolute Gasteiger partial charge is 0.337 e. The zero-order chi connectivity index (χ0) is 26.9. The van der Waals surface area contributed by atoms with Crippen LogP contribution in [-0.2, 0) is 25.9 Å². The summed E-state index contributed by atoms with van der Waals surface area (Å²) < 4.78 is 84.2. The number of benzene rings is 2. The van der Waals surface area contributed by atoms with E-state index in [0.29, 0.717) is 31.2 Å². The second-order valence-electron chi connectivity index (χ2n) is 9.68. The molecule has 0 heterocycles. The van der Waals surface area contributed by atoms with Gasteiger partial charge in [0, 0.05) is 5.92 Å². The first-order valence-corrected chi connectivity index (χ1v) is 13.6. The van der Waals surface area contributed by atoms with Crippen LogP contribution in [0.5, 0.6) is 0 Å². The molecule has 4 N–H and O–H groups in total. The molecule has 11 heteroatoms. The summed E-state index contributed by atoms with van der Waals surface area (Å²) in [7, 11) is -4.08. The van der Waals surface area contributed by atoms with E-state index in [-0.39, 0.29) is 5.92 Å². The monoisotopic (exact) mass is 537 g/mol. The van der Waals surface area contributed by atoms with Crippen LogP contribution in [0.3, 0.4) is 0 Å². The van der Waals surface area contributed by atoms with Crippen LogP contribution in [0.15, 0.2) is 54.6 Å². The molecule has 0 spiro atoms. The second-order valence-corrected chi connectivity index (χ2v) is 11.8. The van der Waals surface area contributed by atoms with Crippen molar-refractivity contribution in [3.8, 4) is 11.8 Å². The van der Waals surface area contributed by atoms with E-state index in [9.17, 15) is 30.8 Å². The van der Waals surface area contributed by atoms with E-state index in [1.807, 2.05) is 0 Å². The lowest BCUT2D eigenvalue weighted by atomic mass is 9.88. The highest BCUT2D eigenvalue weighted by atomic mass is 32.2. The van der Waals surface area contributed by atoms with E-state index in [4.69, 9.17) is 5.73 Å². The first-order valence-electron chi connectivity index (χ1n) is 11.8. The zero-order valence-corrected chi connectivity index (χ0v) is 20.6. The first-order chi connectivity index (χ1) is 17.3. The Hall–Kier alpha value is -2.94. The molecule has 0 aromatic heterocycles. The van der Waals surface area contributed by atoms with Crippen molar-refractivity contribution in [2.24, 2.45) is 11.7 Å². The number of nitrogens with one attached hydrogen (secondary N) is 2. The topological polar surface area (TPSA) is 101 Å². The number of sulfone groups is 1. The molecule has 0 aliphatic heterocycles. The first kappa shape index (κ1) is 27.1. The summed E-state index contributed by atoms with van der Waals surface area (Å²) in [6.07, 6.45) is -3.00. The fourth-order valence-corrected chi connectivity index (χ4v) is 5.38. The molecule has 0 bridgehead atoms. The highest BCUT2D eigenvalue weighted by Crippen LogP contribution is 2.40. The Kier molecular flexibility index (Phi) is 7.38. The molecule has 37 heavy (non-hydrogen) atoms. The lowest BCUT2D eigenvalue weighted by Gasteiger charge is -2.36. The number of carbonyl (C=O) groups excluding carboxylic acids is 1. The summed E-state index contributed by atoms with van der Waals surface area (Å²) in [4.78, 5) is 13.2. The Labute approximate surface area is 212 Å². The lowest BCUT2D eigenvalue weighted by molar-refractivity contribution is -0.184. The number of nitrogens with two attached hydrogens (primary N) is 1. The van der Waals surface area contributed by atoms with Crippen molar-refractivity contribution >= 4 is 15.7 Å². The number of halogens is 4. The normalized spacial score (nSPS) is 19.2. The third-order valence-electron chi connectivity index (χ3n) is 6.26. The molecular weight excluding hydrogens is 510 g/mol. The predicted molar refractivity (Wildman–Crippen MR) is 130 cm³/mol. The average Bonchev–Trinajstić information content (AvgIpc) is 3.74.